The van der Waals surface area contributed by atoms with E-state index < -0.39 is 0 Å². The van der Waals surface area contributed by atoms with Crippen LogP contribution < -0.4 is 11.1 Å². The molecule has 0 saturated heterocycles. The lowest BCUT2D eigenvalue weighted by atomic mass is 9.88. The fourth-order valence-corrected chi connectivity index (χ4v) is 1.78. The van der Waals surface area contributed by atoms with Crippen LogP contribution >= 0.6 is 15.9 Å². The van der Waals surface area contributed by atoms with Gasteiger partial charge in [0.25, 0.3) is 0 Å². The summed E-state index contributed by atoms with van der Waals surface area (Å²) in [6.07, 6.45) is 3.66. The van der Waals surface area contributed by atoms with E-state index in [2.05, 4.69) is 53.1 Å². The molecule has 3 nitrogen and oxygen atoms in total. The highest BCUT2D eigenvalue weighted by molar-refractivity contribution is 9.10. The minimum Gasteiger partial charge on any atom is -0.329 e. The molecule has 0 saturated carbocycles. The number of aromatic nitrogens is 1. The second kappa shape index (κ2) is 5.75. The Morgan fingerprint density at radius 2 is 2.19 bits per heavy atom. The van der Waals surface area contributed by atoms with E-state index in [9.17, 15) is 0 Å². The van der Waals surface area contributed by atoms with Gasteiger partial charge in [-0.05, 0) is 40.4 Å². The summed E-state index contributed by atoms with van der Waals surface area (Å²) in [6.45, 7) is 7.94. The van der Waals surface area contributed by atoms with Crippen molar-refractivity contribution in [3.63, 3.8) is 0 Å². The summed E-state index contributed by atoms with van der Waals surface area (Å²) in [4.78, 5) is 4.14. The Balaban J connectivity index is 2.63. The standard InChI is InChI=1S/C12H20BrN3/c1-9(2)12(3,8-14)16-6-10-4-11(13)7-15-5-10/h4-5,7,9,16H,6,8,14H2,1-3H3. The number of nitrogens with two attached hydrogens (primary N) is 1. The molecule has 16 heavy (non-hydrogen) atoms. The highest BCUT2D eigenvalue weighted by Crippen LogP contribution is 2.16. The number of pyridine rings is 1. The third-order valence-corrected chi connectivity index (χ3v) is 3.59. The van der Waals surface area contributed by atoms with Crippen LogP contribution in [0.4, 0.5) is 0 Å². The van der Waals surface area contributed by atoms with Crippen molar-refractivity contribution >= 4 is 15.9 Å². The summed E-state index contributed by atoms with van der Waals surface area (Å²) in [7, 11) is 0. The van der Waals surface area contributed by atoms with E-state index in [4.69, 9.17) is 5.73 Å². The monoisotopic (exact) mass is 285 g/mol. The zero-order chi connectivity index (χ0) is 12.2. The fraction of sp³-hybridized carbons (Fsp3) is 0.583. The maximum Gasteiger partial charge on any atom is 0.0410 e. The minimum absolute atomic E-state index is 0.0255. The van der Waals surface area contributed by atoms with Gasteiger partial charge in [-0.15, -0.1) is 0 Å². The average molecular weight is 286 g/mol. The molecule has 0 aliphatic heterocycles. The van der Waals surface area contributed by atoms with Gasteiger partial charge < -0.3 is 11.1 Å². The summed E-state index contributed by atoms with van der Waals surface area (Å²) in [5.41, 5.74) is 6.95. The molecule has 1 aromatic rings. The molecule has 0 aliphatic carbocycles. The first-order valence-corrected chi connectivity index (χ1v) is 6.32. The molecule has 0 fully saturated rings. The molecular weight excluding hydrogens is 266 g/mol. The normalized spacial score (nSPS) is 15.1. The Morgan fingerprint density at radius 3 is 2.69 bits per heavy atom. The van der Waals surface area contributed by atoms with Gasteiger partial charge >= 0.3 is 0 Å². The summed E-state index contributed by atoms with van der Waals surface area (Å²) in [5, 5.41) is 3.50. The quantitative estimate of drug-likeness (QED) is 0.873. The van der Waals surface area contributed by atoms with Crippen molar-refractivity contribution in [3.05, 3.63) is 28.5 Å². The van der Waals surface area contributed by atoms with Crippen LogP contribution in [0, 0.1) is 5.92 Å². The van der Waals surface area contributed by atoms with Crippen LogP contribution in [0.3, 0.4) is 0 Å². The Morgan fingerprint density at radius 1 is 1.50 bits per heavy atom. The van der Waals surface area contributed by atoms with Crippen molar-refractivity contribution in [3.8, 4) is 0 Å². The van der Waals surface area contributed by atoms with E-state index in [-0.39, 0.29) is 5.54 Å². The lowest BCUT2D eigenvalue weighted by Gasteiger charge is -2.33. The first kappa shape index (κ1) is 13.6. The van der Waals surface area contributed by atoms with E-state index >= 15 is 0 Å². The number of hydrogen-bond donors (Lipinski definition) is 2. The van der Waals surface area contributed by atoms with Crippen molar-refractivity contribution in [2.45, 2.75) is 32.9 Å². The van der Waals surface area contributed by atoms with Gasteiger partial charge in [0.15, 0.2) is 0 Å². The fourth-order valence-electron chi connectivity index (χ4n) is 1.37. The first-order chi connectivity index (χ1) is 7.48. The molecule has 1 unspecified atom stereocenters. The molecule has 1 rings (SSSR count). The summed E-state index contributed by atoms with van der Waals surface area (Å²) >= 11 is 3.41. The molecule has 1 atom stereocenters. The molecule has 0 spiro atoms. The van der Waals surface area contributed by atoms with E-state index in [1.807, 2.05) is 6.20 Å². The molecule has 0 amide bonds. The lowest BCUT2D eigenvalue weighted by molar-refractivity contribution is 0.267. The Labute approximate surface area is 106 Å². The van der Waals surface area contributed by atoms with E-state index in [1.54, 1.807) is 6.20 Å². The number of nitrogens with one attached hydrogen (secondary N) is 1. The van der Waals surface area contributed by atoms with Crippen LogP contribution in [-0.2, 0) is 6.54 Å². The van der Waals surface area contributed by atoms with Crippen LogP contribution in [0.5, 0.6) is 0 Å². The zero-order valence-electron chi connectivity index (χ0n) is 10.1. The predicted octanol–water partition coefficient (Wildman–Crippen LogP) is 2.31. The van der Waals surface area contributed by atoms with Crippen molar-refractivity contribution in [1.82, 2.24) is 10.3 Å². The Hall–Kier alpha value is -0.450. The lowest BCUT2D eigenvalue weighted by Crippen LogP contribution is -2.52. The third kappa shape index (κ3) is 3.54. The molecule has 0 radical (unpaired) electrons. The number of nitrogens with zero attached hydrogens (tertiary/aromatic N) is 1. The Bertz CT molecular complexity index is 341. The van der Waals surface area contributed by atoms with Crippen molar-refractivity contribution in [1.29, 1.82) is 0 Å². The van der Waals surface area contributed by atoms with Gasteiger partial charge in [-0.3, -0.25) is 4.98 Å². The van der Waals surface area contributed by atoms with Crippen LogP contribution in [0.2, 0.25) is 0 Å². The van der Waals surface area contributed by atoms with E-state index in [1.165, 1.54) is 0 Å². The van der Waals surface area contributed by atoms with Crippen molar-refractivity contribution in [2.24, 2.45) is 11.7 Å². The van der Waals surface area contributed by atoms with E-state index in [0.717, 1.165) is 16.6 Å². The molecule has 1 aromatic heterocycles. The molecule has 0 aromatic carbocycles. The van der Waals surface area contributed by atoms with Gasteiger partial charge in [0, 0.05) is 35.5 Å². The van der Waals surface area contributed by atoms with Crippen LogP contribution in [0.15, 0.2) is 22.9 Å². The predicted molar refractivity (Wildman–Crippen MR) is 71.1 cm³/mol. The van der Waals surface area contributed by atoms with Crippen LogP contribution in [-0.4, -0.2) is 17.1 Å². The maximum absolute atomic E-state index is 5.81. The van der Waals surface area contributed by atoms with Crippen LogP contribution in [0.1, 0.15) is 26.3 Å². The number of halogens is 1. The maximum atomic E-state index is 5.81. The minimum atomic E-state index is -0.0255. The van der Waals surface area contributed by atoms with E-state index in [0.29, 0.717) is 12.5 Å². The average Bonchev–Trinajstić information content (AvgIpc) is 2.26. The highest BCUT2D eigenvalue weighted by atomic mass is 79.9. The Kier molecular flexibility index (Phi) is 4.89. The van der Waals surface area contributed by atoms with Gasteiger partial charge in [0.1, 0.15) is 0 Å². The van der Waals surface area contributed by atoms with Gasteiger partial charge in [-0.1, -0.05) is 13.8 Å². The smallest absolute Gasteiger partial charge is 0.0410 e. The molecule has 0 aliphatic rings. The molecule has 4 heteroatoms. The molecule has 90 valence electrons. The molecular formula is C12H20BrN3. The van der Waals surface area contributed by atoms with Crippen molar-refractivity contribution < 1.29 is 0 Å². The van der Waals surface area contributed by atoms with Gasteiger partial charge in [0.2, 0.25) is 0 Å². The SMILES string of the molecule is CC(C)C(C)(CN)NCc1cncc(Br)c1. The van der Waals surface area contributed by atoms with Gasteiger partial charge in [-0.25, -0.2) is 0 Å². The first-order valence-electron chi connectivity index (χ1n) is 5.52. The van der Waals surface area contributed by atoms with Crippen molar-refractivity contribution in [2.75, 3.05) is 6.54 Å². The van der Waals surface area contributed by atoms with Crippen LogP contribution in [0.25, 0.3) is 0 Å². The molecule has 1 heterocycles. The number of rotatable bonds is 5. The zero-order valence-corrected chi connectivity index (χ0v) is 11.7. The van der Waals surface area contributed by atoms with Gasteiger partial charge in [0.05, 0.1) is 0 Å². The molecule has 3 N–H and O–H groups in total. The summed E-state index contributed by atoms with van der Waals surface area (Å²) in [6, 6.07) is 2.07. The summed E-state index contributed by atoms with van der Waals surface area (Å²) < 4.78 is 1.01. The topological polar surface area (TPSA) is 50.9 Å². The summed E-state index contributed by atoms with van der Waals surface area (Å²) in [5.74, 6) is 0.498. The second-order valence-electron chi connectivity index (χ2n) is 4.64. The number of hydrogen-bond acceptors (Lipinski definition) is 3. The largest absolute Gasteiger partial charge is 0.329 e. The van der Waals surface area contributed by atoms with Gasteiger partial charge in [-0.2, -0.15) is 0 Å². The molecule has 0 bridgehead atoms. The second-order valence-corrected chi connectivity index (χ2v) is 5.56. The highest BCUT2D eigenvalue weighted by Gasteiger charge is 2.25. The third-order valence-electron chi connectivity index (χ3n) is 3.16.